The number of ketones is 1. The lowest BCUT2D eigenvalue weighted by Gasteiger charge is -2.24. The number of hydrogen-bond acceptors (Lipinski definition) is 5. The molecule has 2 aromatic carbocycles. The zero-order valence-corrected chi connectivity index (χ0v) is 20.5. The smallest absolute Gasteiger partial charge is 0.408 e. The van der Waals surface area contributed by atoms with Gasteiger partial charge in [0.05, 0.1) is 28.9 Å². The van der Waals surface area contributed by atoms with Crippen molar-refractivity contribution in [3.8, 4) is 16.9 Å². The lowest BCUT2D eigenvalue weighted by molar-refractivity contribution is 0.0490. The van der Waals surface area contributed by atoms with Gasteiger partial charge in [-0.1, -0.05) is 35.3 Å². The average Bonchev–Trinajstić information content (AvgIpc) is 2.77. The number of carbonyl (C=O) groups excluding carboxylic acids is 2. The van der Waals surface area contributed by atoms with Crippen LogP contribution in [0.15, 0.2) is 54.9 Å². The van der Waals surface area contributed by atoms with E-state index in [4.69, 9.17) is 32.7 Å². The number of nitrogens with one attached hydrogen (secondary N) is 1. The van der Waals surface area contributed by atoms with Crippen LogP contribution in [0.25, 0.3) is 11.1 Å². The predicted molar refractivity (Wildman–Crippen MR) is 129 cm³/mol. The van der Waals surface area contributed by atoms with Gasteiger partial charge in [-0.2, -0.15) is 0 Å². The third kappa shape index (κ3) is 6.24. The Hall–Kier alpha value is -3.16. The van der Waals surface area contributed by atoms with Gasteiger partial charge >= 0.3 is 6.09 Å². The summed E-state index contributed by atoms with van der Waals surface area (Å²) in [4.78, 5) is 30.0. The second-order valence-corrected chi connectivity index (χ2v) is 9.24. The highest BCUT2D eigenvalue weighted by molar-refractivity contribution is 6.42. The lowest BCUT2D eigenvalue weighted by Crippen LogP contribution is -2.38. The molecule has 0 aliphatic heterocycles. The van der Waals surface area contributed by atoms with Gasteiger partial charge in [-0.3, -0.25) is 9.78 Å². The van der Waals surface area contributed by atoms with E-state index in [0.717, 1.165) is 6.20 Å². The Labute approximate surface area is 207 Å². The summed E-state index contributed by atoms with van der Waals surface area (Å²) < 4.78 is 24.4. The molecule has 0 spiro atoms. The third-order valence-corrected chi connectivity index (χ3v) is 5.44. The van der Waals surface area contributed by atoms with Crippen molar-refractivity contribution in [2.24, 2.45) is 0 Å². The number of rotatable bonds is 6. The molecule has 34 heavy (non-hydrogen) atoms. The molecule has 6 nitrogen and oxygen atoms in total. The molecule has 0 radical (unpaired) electrons. The third-order valence-electron chi connectivity index (χ3n) is 4.71. The van der Waals surface area contributed by atoms with Crippen LogP contribution in [0.1, 0.15) is 42.7 Å². The Kier molecular flexibility index (Phi) is 7.79. The van der Waals surface area contributed by atoms with Crippen LogP contribution in [0.3, 0.4) is 0 Å². The fraction of sp³-hybridized carbons (Fsp3) is 0.240. The fourth-order valence-electron chi connectivity index (χ4n) is 3.22. The van der Waals surface area contributed by atoms with E-state index >= 15 is 0 Å². The number of benzene rings is 2. The topological polar surface area (TPSA) is 77.5 Å². The normalized spacial score (nSPS) is 12.1. The summed E-state index contributed by atoms with van der Waals surface area (Å²) in [6.07, 6.45) is 1.82. The van der Waals surface area contributed by atoms with Crippen LogP contribution in [0.5, 0.6) is 5.75 Å². The highest BCUT2D eigenvalue weighted by Gasteiger charge is 2.29. The Balaban J connectivity index is 2.02. The van der Waals surface area contributed by atoms with Gasteiger partial charge in [0.1, 0.15) is 23.2 Å². The van der Waals surface area contributed by atoms with Crippen LogP contribution in [0.2, 0.25) is 10.0 Å². The number of methoxy groups -OCH3 is 1. The molecule has 1 atom stereocenters. The number of aromatic nitrogens is 1. The van der Waals surface area contributed by atoms with Crippen molar-refractivity contribution in [2.75, 3.05) is 7.11 Å². The predicted octanol–water partition coefficient (Wildman–Crippen LogP) is 6.65. The first-order chi connectivity index (χ1) is 16.0. The lowest BCUT2D eigenvalue weighted by atomic mass is 9.95. The number of amides is 1. The van der Waals surface area contributed by atoms with Gasteiger partial charge in [0.2, 0.25) is 0 Å². The highest BCUT2D eigenvalue weighted by atomic mass is 35.5. The zero-order chi connectivity index (χ0) is 25.0. The van der Waals surface area contributed by atoms with Crippen molar-refractivity contribution in [1.82, 2.24) is 10.3 Å². The molecule has 1 heterocycles. The van der Waals surface area contributed by atoms with Crippen molar-refractivity contribution in [2.45, 2.75) is 32.4 Å². The quantitative estimate of drug-likeness (QED) is 0.380. The number of pyridine rings is 1. The van der Waals surface area contributed by atoms with Gasteiger partial charge in [-0.15, -0.1) is 0 Å². The van der Waals surface area contributed by atoms with Crippen LogP contribution in [-0.4, -0.2) is 29.6 Å². The van der Waals surface area contributed by atoms with Crippen molar-refractivity contribution in [3.63, 3.8) is 0 Å². The van der Waals surface area contributed by atoms with Crippen LogP contribution in [0, 0.1) is 5.82 Å². The molecule has 0 saturated carbocycles. The maximum atomic E-state index is 13.6. The number of alkyl carbamates (subject to hydrolysis) is 1. The van der Waals surface area contributed by atoms with E-state index in [1.165, 1.54) is 31.5 Å². The van der Waals surface area contributed by atoms with Crippen molar-refractivity contribution < 1.29 is 23.5 Å². The van der Waals surface area contributed by atoms with Crippen molar-refractivity contribution >= 4 is 35.1 Å². The first kappa shape index (κ1) is 25.5. The average molecular weight is 505 g/mol. The standard InChI is InChI=1S/C25H23Cl2FN2O4/c1-25(2,3)34-24(32)30-22(15-6-8-19(26)20(27)10-15)23(31)18-7-5-14(11-21(18)33-4)16-9-17(28)13-29-12-16/h5-13,22H,1-4H3,(H,30,32). The molecular formula is C25H23Cl2FN2O4. The second kappa shape index (κ2) is 10.4. The summed E-state index contributed by atoms with van der Waals surface area (Å²) in [6.45, 7) is 5.14. The monoisotopic (exact) mass is 504 g/mol. The fourth-order valence-corrected chi connectivity index (χ4v) is 3.52. The molecule has 0 fully saturated rings. The minimum absolute atomic E-state index is 0.197. The summed E-state index contributed by atoms with van der Waals surface area (Å²) in [7, 11) is 1.41. The minimum atomic E-state index is -1.14. The number of nitrogens with zero attached hydrogens (tertiary/aromatic N) is 1. The number of hydrogen-bond donors (Lipinski definition) is 1. The number of Topliss-reactive ketones (excluding diaryl/α,β-unsaturated/α-hetero) is 1. The maximum Gasteiger partial charge on any atom is 0.408 e. The van der Waals surface area contributed by atoms with Gasteiger partial charge < -0.3 is 14.8 Å². The molecule has 3 rings (SSSR count). The van der Waals surface area contributed by atoms with E-state index in [1.807, 2.05) is 0 Å². The Morgan fingerprint density at radius 1 is 1.00 bits per heavy atom. The van der Waals surface area contributed by atoms with E-state index in [2.05, 4.69) is 10.3 Å². The van der Waals surface area contributed by atoms with Crippen LogP contribution < -0.4 is 10.1 Å². The summed E-state index contributed by atoms with van der Waals surface area (Å²) in [5, 5.41) is 3.14. The van der Waals surface area contributed by atoms with Crippen molar-refractivity contribution in [1.29, 1.82) is 0 Å². The van der Waals surface area contributed by atoms with E-state index in [-0.39, 0.29) is 16.3 Å². The molecule has 0 aliphatic rings. The summed E-state index contributed by atoms with van der Waals surface area (Å²) in [5.41, 5.74) is 0.957. The molecule has 1 aromatic heterocycles. The molecule has 1 unspecified atom stereocenters. The summed E-state index contributed by atoms with van der Waals surface area (Å²) >= 11 is 12.2. The summed E-state index contributed by atoms with van der Waals surface area (Å²) in [6, 6.07) is 9.60. The Morgan fingerprint density at radius 2 is 1.74 bits per heavy atom. The first-order valence-corrected chi connectivity index (χ1v) is 11.0. The largest absolute Gasteiger partial charge is 0.496 e. The number of carbonyl (C=O) groups is 2. The first-order valence-electron chi connectivity index (χ1n) is 10.3. The van der Waals surface area contributed by atoms with Gasteiger partial charge in [-0.05, 0) is 62.2 Å². The Morgan fingerprint density at radius 3 is 2.35 bits per heavy atom. The zero-order valence-electron chi connectivity index (χ0n) is 19.0. The minimum Gasteiger partial charge on any atom is -0.496 e. The van der Waals surface area contributed by atoms with E-state index in [0.29, 0.717) is 21.7 Å². The van der Waals surface area contributed by atoms with E-state index in [1.54, 1.807) is 45.0 Å². The van der Waals surface area contributed by atoms with Gasteiger partial charge in [0, 0.05) is 11.8 Å². The van der Waals surface area contributed by atoms with Crippen LogP contribution in [-0.2, 0) is 4.74 Å². The SMILES string of the molecule is COc1cc(-c2cncc(F)c2)ccc1C(=O)C(NC(=O)OC(C)(C)C)c1ccc(Cl)c(Cl)c1. The molecule has 0 saturated heterocycles. The Bertz CT molecular complexity index is 1230. The van der Waals surface area contributed by atoms with Crippen molar-refractivity contribution in [3.05, 3.63) is 81.8 Å². The number of halogens is 3. The highest BCUT2D eigenvalue weighted by Crippen LogP contribution is 2.32. The van der Waals surface area contributed by atoms with Crippen LogP contribution in [0.4, 0.5) is 9.18 Å². The van der Waals surface area contributed by atoms with Gasteiger partial charge in [-0.25, -0.2) is 9.18 Å². The molecule has 178 valence electrons. The van der Waals surface area contributed by atoms with Gasteiger partial charge in [0.15, 0.2) is 5.78 Å². The summed E-state index contributed by atoms with van der Waals surface area (Å²) in [5.74, 6) is -0.717. The molecule has 1 N–H and O–H groups in total. The molecular weight excluding hydrogens is 482 g/mol. The maximum absolute atomic E-state index is 13.6. The molecule has 0 aliphatic carbocycles. The number of ether oxygens (including phenoxy) is 2. The second-order valence-electron chi connectivity index (χ2n) is 8.42. The molecule has 3 aromatic rings. The van der Waals surface area contributed by atoms with Crippen LogP contribution >= 0.6 is 23.2 Å². The van der Waals surface area contributed by atoms with E-state index < -0.39 is 29.3 Å². The van der Waals surface area contributed by atoms with E-state index in [9.17, 15) is 14.0 Å². The van der Waals surface area contributed by atoms with Gasteiger partial charge in [0.25, 0.3) is 0 Å². The molecule has 1 amide bonds. The molecule has 9 heteroatoms. The molecule has 0 bridgehead atoms.